The molecule has 0 saturated carbocycles. The SMILES string of the molecule is CCCC[C@H]1C(=O)N(C)[C@@H](CCCC)C(=O)N[C@@H](CCCN)C(=O)N[C@H](C(=O)NCC(N)=O)CSCC(=O)N[C@@H](Cc2ccc(O)cc2)C(=O)N2CCCCC2C(=O)N[C@@H](CC(=O)O)C(=O)N2CCC[C@H]2C(=O)N[C@@H](Cc2c[nH]cn2)C(=O)N[C@@H](CCC(=O)O)C(=O)N2C[C@H](O)C[C@H]2C(=O)N[C@@H](Cc2c[nH]c3ccccc23)C(=O)C[C@@H](CCN)C(=O)N[C@@H](Cc2c[nH]c3ccccc23)C(=O)N1C. The number of primary amides is 1. The molecule has 742 valence electrons. The number of para-hydroxylation sites is 2. The number of nitrogens with two attached hydrogens (primary N) is 3. The molecule has 7 heterocycles. The van der Waals surface area contributed by atoms with Gasteiger partial charge in [-0.25, -0.2) is 4.98 Å². The zero-order valence-corrected chi connectivity index (χ0v) is 78.1. The number of benzene rings is 3. The summed E-state index contributed by atoms with van der Waals surface area (Å²) in [6, 6.07) is -0.488. The number of phenolic OH excluding ortho intramolecular Hbond substituents is 1. The number of aliphatic hydroxyl groups is 1. The molecule has 0 bridgehead atoms. The van der Waals surface area contributed by atoms with Crippen molar-refractivity contribution in [1.82, 2.24) is 92.3 Å². The minimum absolute atomic E-state index is 0.00171. The van der Waals surface area contributed by atoms with Crippen LogP contribution >= 0.6 is 11.8 Å². The maximum absolute atomic E-state index is 15.8. The summed E-state index contributed by atoms with van der Waals surface area (Å²) in [7, 11) is 2.76. The zero-order valence-electron chi connectivity index (χ0n) is 77.3. The molecule has 137 heavy (non-hydrogen) atoms. The molecule has 3 aromatic carbocycles. The van der Waals surface area contributed by atoms with Crippen LogP contribution in [0.15, 0.2) is 97.7 Å². The van der Waals surface area contributed by atoms with Gasteiger partial charge in [0.1, 0.15) is 78.3 Å². The number of unbranched alkanes of at least 4 members (excludes halogenated alkanes) is 2. The number of carbonyl (C=O) groups excluding carboxylic acids is 16. The number of fused-ring (bicyclic) bond motifs is 5. The molecule has 0 spiro atoms. The summed E-state index contributed by atoms with van der Waals surface area (Å²) < 4.78 is 0. The number of carboxylic acid groups (broad SMARTS) is 2. The average Bonchev–Trinajstić information content (AvgIpc) is 1.70. The van der Waals surface area contributed by atoms with Crippen molar-refractivity contribution < 1.29 is 107 Å². The first-order chi connectivity index (χ1) is 65.6. The van der Waals surface area contributed by atoms with Crippen molar-refractivity contribution in [2.75, 3.05) is 64.9 Å². The number of ketones is 1. The van der Waals surface area contributed by atoms with Gasteiger partial charge in [0.15, 0.2) is 5.78 Å². The second-order valence-electron chi connectivity index (χ2n) is 35.3. The molecular formula is C93H127N21O22S. The Kier molecular flexibility index (Phi) is 39.3. The average molecular weight is 1920 g/mol. The summed E-state index contributed by atoms with van der Waals surface area (Å²) in [5.41, 5.74) is 20.7. The number of Topliss-reactive ketones (excluding diaryl/α,β-unsaturated/α-hetero) is 1. The van der Waals surface area contributed by atoms with E-state index in [9.17, 15) is 58.8 Å². The Morgan fingerprint density at radius 2 is 1.07 bits per heavy atom. The maximum Gasteiger partial charge on any atom is 0.305 e. The fourth-order valence-electron chi connectivity index (χ4n) is 17.9. The van der Waals surface area contributed by atoms with Gasteiger partial charge in [-0.1, -0.05) is 88.1 Å². The number of rotatable bonds is 27. The number of carbonyl (C=O) groups is 18. The number of H-pyrrole nitrogens is 3. The smallest absolute Gasteiger partial charge is 0.305 e. The first-order valence-electron chi connectivity index (χ1n) is 46.5. The van der Waals surface area contributed by atoms with E-state index >= 15 is 47.9 Å². The van der Waals surface area contributed by atoms with E-state index in [1.165, 1.54) is 65.6 Å². The Morgan fingerprint density at radius 1 is 0.518 bits per heavy atom. The highest BCUT2D eigenvalue weighted by Crippen LogP contribution is 2.30. The van der Waals surface area contributed by atoms with Gasteiger partial charge in [-0.2, -0.15) is 0 Å². The number of aliphatic hydroxyl groups excluding tert-OH is 1. The second kappa shape index (κ2) is 51.0. The molecule has 15 amide bonds. The summed E-state index contributed by atoms with van der Waals surface area (Å²) in [5, 5.41) is 67.5. The normalized spacial score (nSPS) is 25.1. The number of thioether (sulfide) groups is 1. The Morgan fingerprint density at radius 3 is 1.69 bits per heavy atom. The number of piperidine rings is 1. The van der Waals surface area contributed by atoms with E-state index in [1.54, 1.807) is 60.9 Å². The Balaban J connectivity index is 1.03. The molecule has 3 aromatic heterocycles. The Bertz CT molecular complexity index is 5290. The monoisotopic (exact) mass is 1920 g/mol. The van der Waals surface area contributed by atoms with Crippen molar-refractivity contribution in [2.45, 2.75) is 246 Å². The highest BCUT2D eigenvalue weighted by atomic mass is 32.2. The van der Waals surface area contributed by atoms with E-state index in [1.807, 2.05) is 13.8 Å². The van der Waals surface area contributed by atoms with E-state index in [0.717, 1.165) is 21.6 Å². The van der Waals surface area contributed by atoms with Crippen LogP contribution in [0.25, 0.3) is 21.8 Å². The molecule has 0 aliphatic carbocycles. The molecule has 10 rings (SSSR count). The third kappa shape index (κ3) is 29.1. The van der Waals surface area contributed by atoms with E-state index in [2.05, 4.69) is 67.8 Å². The molecule has 0 radical (unpaired) electrons. The number of hydrogen-bond donors (Lipinski definition) is 19. The van der Waals surface area contributed by atoms with Gasteiger partial charge in [-0.05, 0) is 125 Å². The molecule has 4 fully saturated rings. The van der Waals surface area contributed by atoms with Crippen molar-refractivity contribution >= 4 is 140 Å². The largest absolute Gasteiger partial charge is 0.508 e. The number of aromatic hydroxyl groups is 1. The van der Waals surface area contributed by atoms with Gasteiger partial charge in [-0.3, -0.25) is 86.3 Å². The summed E-state index contributed by atoms with van der Waals surface area (Å²) in [5.74, 6) is -20.2. The number of carboxylic acids is 2. The van der Waals surface area contributed by atoms with Crippen molar-refractivity contribution in [1.29, 1.82) is 0 Å². The number of nitrogens with zero attached hydrogens (tertiary/aromatic N) is 6. The van der Waals surface area contributed by atoms with Gasteiger partial charge < -0.3 is 125 Å². The number of nitrogens with one attached hydrogen (secondary N) is 12. The minimum atomic E-state index is -1.91. The number of imidazole rings is 1. The number of hydrogen-bond acceptors (Lipinski definition) is 24. The third-order valence-electron chi connectivity index (χ3n) is 25.3. The summed E-state index contributed by atoms with van der Waals surface area (Å²) in [4.78, 5) is 283. The van der Waals surface area contributed by atoms with Gasteiger partial charge in [0.25, 0.3) is 0 Å². The number of likely N-dealkylation sites (N-methyl/N-ethyl adjacent to an activating group) is 2. The highest BCUT2D eigenvalue weighted by molar-refractivity contribution is 8.00. The van der Waals surface area contributed by atoms with Crippen molar-refractivity contribution in [2.24, 2.45) is 23.1 Å². The molecule has 22 N–H and O–H groups in total. The molecule has 6 aromatic rings. The fraction of sp³-hybridized carbons (Fsp3) is 0.538. The standard InChI is InChI=1S/C93H127N21O22S/c1-5-7-22-71-85(128)103-63(21-15-33-94)83(126)109-70(82(125)100-47-77(96)118)49-137-50-78(119)102-67(37-52-26-28-57(115)29-27-52)91(134)112-35-14-13-24-72(112)87(130)108-69(43-80(122)123)92(135)113-36-16-25-73(113)86(129)106-66(41-56-46-97-51-101-56)84(127)104-64(30-31-79(120)121)90(133)114-48-58(116)42-75(114)88(131)105-65(38-54-44-98-61-19-11-9-17-59(54)61)76(117)40-53(32-34-95)81(124)107-68(39-55-45-99-62-20-12-10-18-60(55)62)89(132)111(4)74(23-8-6-2)93(136)110(71)3/h9-12,17-20,26-29,44-46,51,53,58,63-75,98-99,115-116H,5-8,13-16,21-25,30-43,47-50,94-95H2,1-4H3,(H2,96,118)(H,97,101)(H,100,125)(H,102,119)(H,103,128)(H,104,127)(H,105,131)(H,106,129)(H,107,124)(H,108,130)(H,109,126)(H,120,121)(H,122,123)/t53-,58-,63+,64+,65+,66+,67+,68+,69+,70+,71+,72?,73+,74+,75+/m1/s1. The van der Waals surface area contributed by atoms with Crippen LogP contribution in [0.3, 0.4) is 0 Å². The number of amides is 15. The first-order valence-corrected chi connectivity index (χ1v) is 47.7. The zero-order chi connectivity index (χ0) is 99.3. The molecule has 4 saturated heterocycles. The van der Waals surface area contributed by atoms with Gasteiger partial charge in [0.05, 0.1) is 42.9 Å². The lowest BCUT2D eigenvalue weighted by Crippen LogP contribution is -2.61. The van der Waals surface area contributed by atoms with Crippen LogP contribution in [-0.4, -0.2) is 321 Å². The van der Waals surface area contributed by atoms with E-state index < -0.39 is 260 Å². The van der Waals surface area contributed by atoms with Crippen LogP contribution in [0.2, 0.25) is 0 Å². The number of aliphatic carboxylic acids is 2. The summed E-state index contributed by atoms with van der Waals surface area (Å²) in [6.07, 6.45) is 1.95. The predicted molar refractivity (Wildman–Crippen MR) is 500 cm³/mol. The number of aromatic amines is 3. The molecule has 4 aliphatic heterocycles. The van der Waals surface area contributed by atoms with Crippen molar-refractivity contribution in [3.05, 3.63) is 120 Å². The van der Waals surface area contributed by atoms with Crippen LogP contribution in [0.1, 0.15) is 158 Å². The quantitative estimate of drug-likeness (QED) is 0.0292. The maximum atomic E-state index is 15.8. The Hall–Kier alpha value is -13.4. The third-order valence-corrected chi connectivity index (χ3v) is 26.3. The highest BCUT2D eigenvalue weighted by Gasteiger charge is 2.48. The lowest BCUT2D eigenvalue weighted by atomic mass is 9.91. The molecule has 4 aliphatic rings. The predicted octanol–water partition coefficient (Wildman–Crippen LogP) is -1.05. The van der Waals surface area contributed by atoms with Crippen LogP contribution < -0.4 is 65.1 Å². The molecule has 44 heteroatoms. The lowest BCUT2D eigenvalue weighted by molar-refractivity contribution is -0.149. The Labute approximate surface area is 795 Å². The first kappa shape index (κ1) is 106. The minimum Gasteiger partial charge on any atom is -0.508 e. The summed E-state index contributed by atoms with van der Waals surface area (Å²) in [6.45, 7) is 1.94. The van der Waals surface area contributed by atoms with Crippen LogP contribution in [0, 0.1) is 5.92 Å². The molecule has 1 unspecified atom stereocenters. The van der Waals surface area contributed by atoms with Crippen LogP contribution in [0.4, 0.5) is 0 Å². The van der Waals surface area contributed by atoms with Gasteiger partial charge in [0.2, 0.25) is 88.6 Å². The molecule has 15 atom stereocenters. The molecular weight excluding hydrogens is 1800 g/mol. The summed E-state index contributed by atoms with van der Waals surface area (Å²) >= 11 is 0.785. The van der Waals surface area contributed by atoms with E-state index in [-0.39, 0.29) is 108 Å². The van der Waals surface area contributed by atoms with Gasteiger partial charge in [0, 0.05) is 131 Å². The fourth-order valence-corrected chi connectivity index (χ4v) is 18.8. The lowest BCUT2D eigenvalue weighted by Gasteiger charge is -2.38. The number of phenols is 1. The molecule has 43 nitrogen and oxygen atoms in total. The topological polar surface area (TPSA) is 651 Å². The van der Waals surface area contributed by atoms with Gasteiger partial charge >= 0.3 is 11.9 Å². The van der Waals surface area contributed by atoms with E-state index in [4.69, 9.17) is 17.2 Å². The van der Waals surface area contributed by atoms with Gasteiger partial charge in [-0.15, -0.1) is 11.8 Å². The van der Waals surface area contributed by atoms with Crippen LogP contribution in [0.5, 0.6) is 5.75 Å². The van der Waals surface area contributed by atoms with Crippen molar-refractivity contribution in [3.63, 3.8) is 0 Å². The number of aromatic nitrogens is 4. The van der Waals surface area contributed by atoms with E-state index in [0.29, 0.717) is 77.0 Å². The van der Waals surface area contributed by atoms with Crippen LogP contribution in [-0.2, 0) is 112 Å². The van der Waals surface area contributed by atoms with Crippen molar-refractivity contribution in [3.8, 4) is 5.75 Å². The second-order valence-corrected chi connectivity index (χ2v) is 36.3.